The van der Waals surface area contributed by atoms with Crippen molar-refractivity contribution >= 4 is 28.8 Å². The highest BCUT2D eigenvalue weighted by Crippen LogP contribution is 2.20. The summed E-state index contributed by atoms with van der Waals surface area (Å²) in [6, 6.07) is 4.35. The van der Waals surface area contributed by atoms with Gasteiger partial charge in [-0.25, -0.2) is 19.4 Å². The SMILES string of the molecule is CCOC(=O)c1[nH]c(C)c(C(=O)OCc2nc3cc(C(=O)OC)ccc3c(=O)[nH]2)c1C. The third-order valence-corrected chi connectivity index (χ3v) is 4.64. The molecule has 0 spiro atoms. The maximum absolute atomic E-state index is 12.6. The fourth-order valence-corrected chi connectivity index (χ4v) is 3.17. The molecule has 0 amide bonds. The molecular weight excluding hydrogens is 406 g/mol. The van der Waals surface area contributed by atoms with Crippen molar-refractivity contribution in [3.8, 4) is 0 Å². The molecule has 0 radical (unpaired) electrons. The summed E-state index contributed by atoms with van der Waals surface area (Å²) in [5, 5.41) is 0.277. The number of aromatic amines is 2. The van der Waals surface area contributed by atoms with Crippen molar-refractivity contribution in [2.75, 3.05) is 13.7 Å². The Labute approximate surface area is 176 Å². The highest BCUT2D eigenvalue weighted by molar-refractivity contribution is 5.98. The summed E-state index contributed by atoms with van der Waals surface area (Å²) in [6.45, 7) is 4.82. The monoisotopic (exact) mass is 427 g/mol. The highest BCUT2D eigenvalue weighted by atomic mass is 16.5. The molecule has 0 saturated carbocycles. The van der Waals surface area contributed by atoms with Crippen LogP contribution < -0.4 is 5.56 Å². The zero-order valence-corrected chi connectivity index (χ0v) is 17.5. The number of carbonyl (C=O) groups excluding carboxylic acids is 3. The summed E-state index contributed by atoms with van der Waals surface area (Å²) in [6.07, 6.45) is 0. The normalized spacial score (nSPS) is 10.7. The van der Waals surface area contributed by atoms with E-state index in [1.54, 1.807) is 20.8 Å². The van der Waals surface area contributed by atoms with Gasteiger partial charge in [-0.05, 0) is 44.5 Å². The zero-order valence-electron chi connectivity index (χ0n) is 17.5. The first kappa shape index (κ1) is 21.8. The van der Waals surface area contributed by atoms with E-state index in [2.05, 4.69) is 19.7 Å². The van der Waals surface area contributed by atoms with E-state index in [-0.39, 0.29) is 46.8 Å². The Kier molecular flexibility index (Phi) is 6.19. The lowest BCUT2D eigenvalue weighted by Gasteiger charge is -2.07. The number of nitrogens with one attached hydrogen (secondary N) is 2. The van der Waals surface area contributed by atoms with E-state index in [1.165, 1.54) is 25.3 Å². The van der Waals surface area contributed by atoms with Crippen molar-refractivity contribution in [3.63, 3.8) is 0 Å². The Balaban J connectivity index is 1.84. The minimum Gasteiger partial charge on any atom is -0.465 e. The van der Waals surface area contributed by atoms with E-state index in [0.717, 1.165) is 0 Å². The molecule has 162 valence electrons. The van der Waals surface area contributed by atoms with Crippen LogP contribution in [0.4, 0.5) is 0 Å². The maximum Gasteiger partial charge on any atom is 0.355 e. The third-order valence-electron chi connectivity index (χ3n) is 4.64. The fraction of sp³-hybridized carbons (Fsp3) is 0.286. The smallest absolute Gasteiger partial charge is 0.355 e. The molecule has 31 heavy (non-hydrogen) atoms. The van der Waals surface area contributed by atoms with Crippen LogP contribution in [0.15, 0.2) is 23.0 Å². The second-order valence-corrected chi connectivity index (χ2v) is 6.66. The minimum atomic E-state index is -0.687. The van der Waals surface area contributed by atoms with Crippen molar-refractivity contribution in [3.05, 3.63) is 62.5 Å². The number of nitrogens with zero attached hydrogens (tertiary/aromatic N) is 1. The molecule has 1 aromatic carbocycles. The molecule has 0 atom stereocenters. The predicted octanol–water partition coefficient (Wildman–Crippen LogP) is 2.19. The maximum atomic E-state index is 12.6. The number of carbonyl (C=O) groups is 3. The molecular formula is C21H21N3O7. The first-order valence-corrected chi connectivity index (χ1v) is 9.41. The van der Waals surface area contributed by atoms with Gasteiger partial charge in [0.25, 0.3) is 5.56 Å². The summed E-state index contributed by atoms with van der Waals surface area (Å²) in [5.41, 5.74) is 1.30. The Hall–Kier alpha value is -3.95. The van der Waals surface area contributed by atoms with Crippen LogP contribution in [0.25, 0.3) is 10.9 Å². The van der Waals surface area contributed by atoms with Crippen LogP contribution in [0, 0.1) is 13.8 Å². The number of esters is 3. The molecule has 3 aromatic rings. The molecule has 0 aliphatic rings. The highest BCUT2D eigenvalue weighted by Gasteiger charge is 2.24. The molecule has 0 aliphatic carbocycles. The molecule has 2 N–H and O–H groups in total. The van der Waals surface area contributed by atoms with Crippen LogP contribution in [0.5, 0.6) is 0 Å². The van der Waals surface area contributed by atoms with Crippen LogP contribution >= 0.6 is 0 Å². The molecule has 3 rings (SSSR count). The Morgan fingerprint density at radius 3 is 2.45 bits per heavy atom. The molecule has 0 aliphatic heterocycles. The van der Waals surface area contributed by atoms with Gasteiger partial charge in [0.1, 0.15) is 18.1 Å². The number of H-pyrrole nitrogens is 2. The number of ether oxygens (including phenoxy) is 3. The topological polar surface area (TPSA) is 140 Å². The Bertz CT molecular complexity index is 1240. The van der Waals surface area contributed by atoms with Gasteiger partial charge in [0.05, 0.1) is 35.7 Å². The molecule has 0 unspecified atom stereocenters. The molecule has 2 aromatic heterocycles. The van der Waals surface area contributed by atoms with Gasteiger partial charge in [-0.2, -0.15) is 0 Å². The summed E-state index contributed by atoms with van der Waals surface area (Å²) >= 11 is 0. The van der Waals surface area contributed by atoms with Crippen LogP contribution in [0.1, 0.15) is 55.2 Å². The number of methoxy groups -OCH3 is 1. The molecule has 10 nitrogen and oxygen atoms in total. The quantitative estimate of drug-likeness (QED) is 0.451. The van der Waals surface area contributed by atoms with Crippen molar-refractivity contribution in [1.82, 2.24) is 15.0 Å². The van der Waals surface area contributed by atoms with Gasteiger partial charge in [0.15, 0.2) is 0 Å². The van der Waals surface area contributed by atoms with Crippen LogP contribution in [-0.2, 0) is 20.8 Å². The van der Waals surface area contributed by atoms with Gasteiger partial charge in [-0.3, -0.25) is 4.79 Å². The fourth-order valence-electron chi connectivity index (χ4n) is 3.17. The van der Waals surface area contributed by atoms with E-state index in [4.69, 9.17) is 9.47 Å². The Morgan fingerprint density at radius 1 is 1.03 bits per heavy atom. The van der Waals surface area contributed by atoms with Gasteiger partial charge < -0.3 is 24.2 Å². The van der Waals surface area contributed by atoms with Gasteiger partial charge in [0, 0.05) is 5.69 Å². The molecule has 2 heterocycles. The van der Waals surface area contributed by atoms with Gasteiger partial charge in [-0.15, -0.1) is 0 Å². The van der Waals surface area contributed by atoms with E-state index in [1.807, 2.05) is 0 Å². The molecule has 0 fully saturated rings. The average Bonchev–Trinajstić information content (AvgIpc) is 3.05. The van der Waals surface area contributed by atoms with Gasteiger partial charge in [-0.1, -0.05) is 0 Å². The van der Waals surface area contributed by atoms with Gasteiger partial charge in [0.2, 0.25) is 0 Å². The van der Waals surface area contributed by atoms with E-state index >= 15 is 0 Å². The molecule has 0 bridgehead atoms. The molecule has 0 saturated heterocycles. The zero-order chi connectivity index (χ0) is 22.7. The average molecular weight is 427 g/mol. The van der Waals surface area contributed by atoms with Crippen LogP contribution in [-0.4, -0.2) is 46.6 Å². The van der Waals surface area contributed by atoms with Crippen molar-refractivity contribution in [2.24, 2.45) is 0 Å². The summed E-state index contributed by atoms with van der Waals surface area (Å²) in [5.74, 6) is -1.71. The lowest BCUT2D eigenvalue weighted by molar-refractivity contribution is 0.0460. The van der Waals surface area contributed by atoms with E-state index in [0.29, 0.717) is 11.3 Å². The van der Waals surface area contributed by atoms with Gasteiger partial charge >= 0.3 is 17.9 Å². The largest absolute Gasteiger partial charge is 0.465 e. The lowest BCUT2D eigenvalue weighted by Crippen LogP contribution is -2.15. The summed E-state index contributed by atoms with van der Waals surface area (Å²) in [4.78, 5) is 58.3. The van der Waals surface area contributed by atoms with Crippen LogP contribution in [0.2, 0.25) is 0 Å². The lowest BCUT2D eigenvalue weighted by atomic mass is 10.1. The molecule has 10 heteroatoms. The number of fused-ring (bicyclic) bond motifs is 1. The van der Waals surface area contributed by atoms with E-state index in [9.17, 15) is 19.2 Å². The minimum absolute atomic E-state index is 0.101. The van der Waals surface area contributed by atoms with E-state index < -0.39 is 23.5 Å². The second kappa shape index (κ2) is 8.82. The standard InChI is InChI=1S/C21H21N3O7/c1-5-30-21(28)17-10(2)16(11(3)22-17)20(27)31-9-15-23-14-8-12(19(26)29-4)6-7-13(14)18(25)24-15/h6-8,22H,5,9H2,1-4H3,(H,23,24,25). The summed E-state index contributed by atoms with van der Waals surface area (Å²) in [7, 11) is 1.25. The Morgan fingerprint density at radius 2 is 1.77 bits per heavy atom. The third kappa shape index (κ3) is 4.32. The first-order chi connectivity index (χ1) is 14.8. The number of aryl methyl sites for hydroxylation is 1. The number of aromatic nitrogens is 3. The number of hydrogen-bond donors (Lipinski definition) is 2. The van der Waals surface area contributed by atoms with Crippen molar-refractivity contribution in [2.45, 2.75) is 27.4 Å². The van der Waals surface area contributed by atoms with Crippen molar-refractivity contribution in [1.29, 1.82) is 0 Å². The number of hydrogen-bond acceptors (Lipinski definition) is 8. The first-order valence-electron chi connectivity index (χ1n) is 9.41. The number of benzene rings is 1. The number of rotatable bonds is 6. The predicted molar refractivity (Wildman–Crippen MR) is 109 cm³/mol. The second-order valence-electron chi connectivity index (χ2n) is 6.66. The van der Waals surface area contributed by atoms with Crippen LogP contribution in [0.3, 0.4) is 0 Å². The van der Waals surface area contributed by atoms with Crippen molar-refractivity contribution < 1.29 is 28.6 Å². The summed E-state index contributed by atoms with van der Waals surface area (Å²) < 4.78 is 14.9.